The van der Waals surface area contributed by atoms with Gasteiger partial charge in [-0.2, -0.15) is 4.98 Å². The molecule has 2 unspecified atom stereocenters. The fraction of sp³-hybridized carbons (Fsp3) is 0.333. The molecule has 8 heteroatoms. The van der Waals surface area contributed by atoms with E-state index < -0.39 is 0 Å². The van der Waals surface area contributed by atoms with Gasteiger partial charge >= 0.3 is 0 Å². The number of carbonyl (C=O) groups is 1. The molecule has 0 bridgehead atoms. The van der Waals surface area contributed by atoms with Crippen LogP contribution in [0.5, 0.6) is 0 Å². The van der Waals surface area contributed by atoms with Crippen molar-refractivity contribution in [1.82, 2.24) is 9.97 Å². The first-order valence-corrected chi connectivity index (χ1v) is 12.1. The minimum atomic E-state index is -0.174. The average molecular weight is 470 g/mol. The van der Waals surface area contributed by atoms with E-state index in [1.54, 1.807) is 0 Å². The Labute approximate surface area is 204 Å². The lowest BCUT2D eigenvalue weighted by molar-refractivity contribution is -0.112. The molecule has 2 aromatic carbocycles. The van der Waals surface area contributed by atoms with E-state index in [4.69, 9.17) is 16.5 Å². The Balaban J connectivity index is 1.46. The van der Waals surface area contributed by atoms with E-state index in [1.807, 2.05) is 38.1 Å². The zero-order chi connectivity index (χ0) is 24.5. The van der Waals surface area contributed by atoms with Gasteiger partial charge in [0.15, 0.2) is 5.96 Å². The van der Waals surface area contributed by atoms with Crippen molar-refractivity contribution in [3.8, 4) is 0 Å². The molecule has 0 saturated heterocycles. The number of aryl methyl sites for hydroxylation is 1. The highest BCUT2D eigenvalue weighted by molar-refractivity contribution is 6.10. The van der Waals surface area contributed by atoms with Crippen LogP contribution in [0.25, 0.3) is 16.5 Å². The monoisotopic (exact) mass is 469 g/mol. The first kappa shape index (κ1) is 22.8. The highest BCUT2D eigenvalue weighted by atomic mass is 16.1. The minimum absolute atomic E-state index is 0.0218. The smallest absolute Gasteiger partial charge is 0.254 e. The second-order valence-electron chi connectivity index (χ2n) is 9.46. The summed E-state index contributed by atoms with van der Waals surface area (Å²) in [6, 6.07) is 14.2. The summed E-state index contributed by atoms with van der Waals surface area (Å²) in [6.45, 7) is 4.03. The molecular formula is C27H31N7O. The molecule has 3 aromatic rings. The molecule has 0 aliphatic heterocycles. The molecule has 1 saturated carbocycles. The number of aromatic nitrogens is 2. The van der Waals surface area contributed by atoms with Gasteiger partial charge in [0.2, 0.25) is 5.95 Å². The number of guanidine groups is 1. The maximum atomic E-state index is 13.2. The normalized spacial score (nSPS) is 19.4. The highest BCUT2D eigenvalue weighted by Crippen LogP contribution is 2.33. The summed E-state index contributed by atoms with van der Waals surface area (Å²) in [5, 5.41) is 7.43. The van der Waals surface area contributed by atoms with Crippen LogP contribution in [0.4, 0.5) is 11.8 Å². The number of allylic oxidation sites excluding steroid dienone is 1. The van der Waals surface area contributed by atoms with Crippen LogP contribution in [0.1, 0.15) is 49.3 Å². The van der Waals surface area contributed by atoms with Crippen molar-refractivity contribution in [3.63, 3.8) is 0 Å². The van der Waals surface area contributed by atoms with Crippen LogP contribution >= 0.6 is 0 Å². The molecule has 2 atom stereocenters. The fourth-order valence-electron chi connectivity index (χ4n) is 5.16. The van der Waals surface area contributed by atoms with Gasteiger partial charge in [-0.3, -0.25) is 10.1 Å². The summed E-state index contributed by atoms with van der Waals surface area (Å²) in [7, 11) is 0. The van der Waals surface area contributed by atoms with Gasteiger partial charge in [0.1, 0.15) is 5.82 Å². The molecule has 1 heterocycles. The van der Waals surface area contributed by atoms with Crippen molar-refractivity contribution in [2.24, 2.45) is 16.5 Å². The molecule has 1 fully saturated rings. The van der Waals surface area contributed by atoms with E-state index in [0.717, 1.165) is 64.4 Å². The topological polar surface area (TPSA) is 131 Å². The predicted octanol–water partition coefficient (Wildman–Crippen LogP) is 3.90. The first-order valence-electron chi connectivity index (χ1n) is 12.1. The molecule has 35 heavy (non-hydrogen) atoms. The third-order valence-electron chi connectivity index (χ3n) is 6.96. The number of nitrogens with zero attached hydrogens (tertiary/aromatic N) is 3. The molecular weight excluding hydrogens is 438 g/mol. The molecule has 180 valence electrons. The van der Waals surface area contributed by atoms with Crippen LogP contribution in [0.15, 0.2) is 53.0 Å². The van der Waals surface area contributed by atoms with E-state index >= 15 is 0 Å². The number of hydrogen-bond donors (Lipinski definition) is 4. The molecule has 8 nitrogen and oxygen atoms in total. The molecule has 5 rings (SSSR count). The maximum Gasteiger partial charge on any atom is 0.254 e. The van der Waals surface area contributed by atoms with Gasteiger partial charge in [0.25, 0.3) is 5.91 Å². The second-order valence-corrected chi connectivity index (χ2v) is 9.46. The average Bonchev–Trinajstić information content (AvgIpc) is 3.17. The van der Waals surface area contributed by atoms with Gasteiger partial charge < -0.3 is 16.8 Å². The van der Waals surface area contributed by atoms with Gasteiger partial charge in [0, 0.05) is 17.4 Å². The lowest BCUT2D eigenvalue weighted by Gasteiger charge is -2.30. The van der Waals surface area contributed by atoms with Gasteiger partial charge in [-0.05, 0) is 55.5 Å². The number of nitrogens with one attached hydrogen (secondary N) is 2. The molecule has 6 N–H and O–H groups in total. The van der Waals surface area contributed by atoms with E-state index in [0.29, 0.717) is 12.2 Å². The van der Waals surface area contributed by atoms with Crippen molar-refractivity contribution in [2.45, 2.75) is 58.0 Å². The molecule has 0 spiro atoms. The highest BCUT2D eigenvalue weighted by Gasteiger charge is 2.27. The van der Waals surface area contributed by atoms with Crippen molar-refractivity contribution in [3.05, 3.63) is 64.7 Å². The molecule has 2 aliphatic rings. The predicted molar refractivity (Wildman–Crippen MR) is 141 cm³/mol. The SMILES string of the molecule is CC1=C(C(=O)Nc2nc(NC3CCCCC3N=C(N)N)c3cc(C)ccc3n2)Cc2ccccc21. The van der Waals surface area contributed by atoms with E-state index in [2.05, 4.69) is 38.8 Å². The van der Waals surface area contributed by atoms with Crippen molar-refractivity contribution in [2.75, 3.05) is 10.6 Å². The number of aliphatic imine (C=N–C) groups is 1. The van der Waals surface area contributed by atoms with Crippen molar-refractivity contribution in [1.29, 1.82) is 0 Å². The Kier molecular flexibility index (Phi) is 6.11. The lowest BCUT2D eigenvalue weighted by atomic mass is 9.90. The summed E-state index contributed by atoms with van der Waals surface area (Å²) in [6.07, 6.45) is 4.63. The zero-order valence-corrected chi connectivity index (χ0v) is 20.1. The number of rotatable bonds is 5. The second kappa shape index (κ2) is 9.37. The zero-order valence-electron chi connectivity index (χ0n) is 20.1. The summed E-state index contributed by atoms with van der Waals surface area (Å²) in [4.78, 5) is 27.1. The number of fused-ring (bicyclic) bond motifs is 2. The third-order valence-corrected chi connectivity index (χ3v) is 6.96. The fourth-order valence-corrected chi connectivity index (χ4v) is 5.16. The number of hydrogen-bond acceptors (Lipinski definition) is 5. The maximum absolute atomic E-state index is 13.2. The summed E-state index contributed by atoms with van der Waals surface area (Å²) < 4.78 is 0. The summed E-state index contributed by atoms with van der Waals surface area (Å²) in [5.74, 6) is 0.879. The Hall–Kier alpha value is -3.94. The van der Waals surface area contributed by atoms with Gasteiger partial charge in [-0.25, -0.2) is 9.98 Å². The third kappa shape index (κ3) is 4.69. The van der Waals surface area contributed by atoms with Crippen LogP contribution < -0.4 is 22.1 Å². The van der Waals surface area contributed by atoms with Gasteiger partial charge in [0.05, 0.1) is 17.6 Å². The van der Waals surface area contributed by atoms with Crippen LogP contribution in [0.2, 0.25) is 0 Å². The van der Waals surface area contributed by atoms with Gasteiger partial charge in [-0.1, -0.05) is 48.7 Å². The number of amides is 1. The minimum Gasteiger partial charge on any atom is -0.370 e. The summed E-state index contributed by atoms with van der Waals surface area (Å²) >= 11 is 0. The van der Waals surface area contributed by atoms with Crippen LogP contribution in [0.3, 0.4) is 0 Å². The molecule has 0 radical (unpaired) electrons. The Morgan fingerprint density at radius 1 is 1.06 bits per heavy atom. The standard InChI is InChI=1S/C27H31N7O/c1-15-11-12-21-20(13-15)24(30-22-9-5-6-10-23(22)31-26(28)29)33-27(32-21)34-25(35)19-14-17-7-3-4-8-18(17)16(19)2/h3-4,7-8,11-13,22-23H,5-6,9-10,14H2,1-2H3,(H4,28,29,31)(H2,30,32,33,34,35). The number of nitrogens with two attached hydrogens (primary N) is 2. The first-order chi connectivity index (χ1) is 16.9. The molecule has 1 amide bonds. The number of anilines is 2. The number of carbonyl (C=O) groups excluding carboxylic acids is 1. The van der Waals surface area contributed by atoms with Crippen LogP contribution in [0, 0.1) is 6.92 Å². The summed E-state index contributed by atoms with van der Waals surface area (Å²) in [5.41, 5.74) is 17.3. The van der Waals surface area contributed by atoms with Gasteiger partial charge in [-0.15, -0.1) is 0 Å². The Bertz CT molecular complexity index is 1360. The molecule has 1 aromatic heterocycles. The Morgan fingerprint density at radius 2 is 1.86 bits per heavy atom. The number of benzene rings is 2. The largest absolute Gasteiger partial charge is 0.370 e. The van der Waals surface area contributed by atoms with E-state index in [-0.39, 0.29) is 29.9 Å². The van der Waals surface area contributed by atoms with Crippen molar-refractivity contribution < 1.29 is 4.79 Å². The van der Waals surface area contributed by atoms with Crippen LogP contribution in [-0.2, 0) is 11.2 Å². The van der Waals surface area contributed by atoms with Crippen molar-refractivity contribution >= 4 is 40.1 Å². The molecule has 2 aliphatic carbocycles. The van der Waals surface area contributed by atoms with E-state index in [9.17, 15) is 4.79 Å². The van der Waals surface area contributed by atoms with Crippen LogP contribution in [-0.4, -0.2) is 33.9 Å². The lowest BCUT2D eigenvalue weighted by Crippen LogP contribution is -2.38. The quantitative estimate of drug-likeness (QED) is 0.331. The Morgan fingerprint density at radius 3 is 2.66 bits per heavy atom. The van der Waals surface area contributed by atoms with E-state index in [1.165, 1.54) is 0 Å².